The maximum Gasteiger partial charge on any atom is 0.228 e. The lowest BCUT2D eigenvalue weighted by Gasteiger charge is -2.02. The van der Waals surface area contributed by atoms with E-state index in [1.54, 1.807) is 11.8 Å². The zero-order valence-corrected chi connectivity index (χ0v) is 8.43. The molecule has 74 valence electrons. The molecule has 1 aliphatic heterocycles. The number of hydrogen-bond donors (Lipinski definition) is 2. The number of aliphatic hydroxyl groups excluding tert-OH is 1. The monoisotopic (exact) mass is 209 g/mol. The minimum atomic E-state index is 0.0595. The molecule has 1 heterocycles. The molecule has 1 aromatic rings. The van der Waals surface area contributed by atoms with Gasteiger partial charge in [0.1, 0.15) is 0 Å². The van der Waals surface area contributed by atoms with E-state index in [-0.39, 0.29) is 12.5 Å². The van der Waals surface area contributed by atoms with Crippen molar-refractivity contribution in [2.75, 3.05) is 17.7 Å². The predicted molar refractivity (Wildman–Crippen MR) is 56.6 cm³/mol. The summed E-state index contributed by atoms with van der Waals surface area (Å²) in [5, 5.41) is 11.5. The van der Waals surface area contributed by atoms with Gasteiger partial charge in [0.05, 0.1) is 13.0 Å². The van der Waals surface area contributed by atoms with Gasteiger partial charge in [-0.05, 0) is 23.8 Å². The highest BCUT2D eigenvalue weighted by Gasteiger charge is 2.17. The highest BCUT2D eigenvalue weighted by Crippen LogP contribution is 2.28. The molecule has 1 aliphatic rings. The molecule has 0 aliphatic carbocycles. The molecule has 0 saturated carbocycles. The number of carbonyl (C=O) groups is 1. The van der Waals surface area contributed by atoms with Crippen molar-refractivity contribution in [1.82, 2.24) is 0 Å². The molecule has 0 atom stereocenters. The molecule has 0 bridgehead atoms. The molecule has 0 spiro atoms. The number of hydrogen-bond acceptors (Lipinski definition) is 3. The fourth-order valence-corrected chi connectivity index (χ4v) is 2.18. The highest BCUT2D eigenvalue weighted by molar-refractivity contribution is 7.99. The van der Waals surface area contributed by atoms with Crippen LogP contribution in [0.4, 0.5) is 5.69 Å². The Morgan fingerprint density at radius 1 is 1.50 bits per heavy atom. The third kappa shape index (κ3) is 1.91. The SMILES string of the molecule is O=C1Cc2cc(SCCO)ccc2N1. The fourth-order valence-electron chi connectivity index (χ4n) is 1.46. The van der Waals surface area contributed by atoms with Crippen LogP contribution in [0, 0.1) is 0 Å². The highest BCUT2D eigenvalue weighted by atomic mass is 32.2. The molecular formula is C10H11NO2S. The second kappa shape index (κ2) is 4.02. The second-order valence-corrected chi connectivity index (χ2v) is 4.28. The van der Waals surface area contributed by atoms with Gasteiger partial charge in [0.2, 0.25) is 5.91 Å². The first-order chi connectivity index (χ1) is 6.79. The average molecular weight is 209 g/mol. The predicted octanol–water partition coefficient (Wildman–Crippen LogP) is 1.27. The Hall–Kier alpha value is -1.00. The van der Waals surface area contributed by atoms with Gasteiger partial charge >= 0.3 is 0 Å². The molecule has 2 N–H and O–H groups in total. The summed E-state index contributed by atoms with van der Waals surface area (Å²) in [6.45, 7) is 0.179. The molecule has 0 radical (unpaired) electrons. The standard InChI is InChI=1S/C10H11NO2S/c12-3-4-14-8-1-2-9-7(5-8)6-10(13)11-9/h1-2,5,12H,3-4,6H2,(H,11,13). The Balaban J connectivity index is 2.16. The lowest BCUT2D eigenvalue weighted by atomic mass is 10.2. The van der Waals surface area contributed by atoms with Crippen molar-refractivity contribution in [2.45, 2.75) is 11.3 Å². The van der Waals surface area contributed by atoms with Crippen LogP contribution in [0.3, 0.4) is 0 Å². The Morgan fingerprint density at radius 3 is 3.14 bits per heavy atom. The Bertz CT molecular complexity index is 365. The van der Waals surface area contributed by atoms with Crippen molar-refractivity contribution in [3.8, 4) is 0 Å². The van der Waals surface area contributed by atoms with Gasteiger partial charge in [-0.25, -0.2) is 0 Å². The molecule has 0 unspecified atom stereocenters. The van der Waals surface area contributed by atoms with Crippen molar-refractivity contribution >= 4 is 23.4 Å². The molecule has 0 saturated heterocycles. The summed E-state index contributed by atoms with van der Waals surface area (Å²) in [5.41, 5.74) is 1.97. The van der Waals surface area contributed by atoms with Crippen molar-refractivity contribution in [3.63, 3.8) is 0 Å². The Labute approximate surface area is 86.5 Å². The normalized spacial score (nSPS) is 13.9. The van der Waals surface area contributed by atoms with Gasteiger partial charge in [0.15, 0.2) is 0 Å². The fraction of sp³-hybridized carbons (Fsp3) is 0.300. The molecule has 3 nitrogen and oxygen atoms in total. The van der Waals surface area contributed by atoms with Crippen LogP contribution >= 0.6 is 11.8 Å². The van der Waals surface area contributed by atoms with E-state index in [9.17, 15) is 4.79 Å². The number of carbonyl (C=O) groups excluding carboxylic acids is 1. The van der Waals surface area contributed by atoms with E-state index in [1.165, 1.54) is 0 Å². The average Bonchev–Trinajstić information content (AvgIpc) is 2.54. The first-order valence-corrected chi connectivity index (χ1v) is 5.44. The minimum Gasteiger partial charge on any atom is -0.396 e. The van der Waals surface area contributed by atoms with E-state index in [2.05, 4.69) is 5.32 Å². The third-order valence-electron chi connectivity index (χ3n) is 2.06. The third-order valence-corrected chi connectivity index (χ3v) is 3.04. The first-order valence-electron chi connectivity index (χ1n) is 4.46. The lowest BCUT2D eigenvalue weighted by molar-refractivity contribution is -0.115. The van der Waals surface area contributed by atoms with Crippen LogP contribution in [0.1, 0.15) is 5.56 Å². The Morgan fingerprint density at radius 2 is 2.36 bits per heavy atom. The van der Waals surface area contributed by atoms with E-state index in [0.717, 1.165) is 16.1 Å². The van der Waals surface area contributed by atoms with Crippen LogP contribution in [-0.4, -0.2) is 23.4 Å². The molecule has 1 aromatic carbocycles. The van der Waals surface area contributed by atoms with Crippen LogP contribution in [-0.2, 0) is 11.2 Å². The zero-order chi connectivity index (χ0) is 9.97. The van der Waals surface area contributed by atoms with Crippen LogP contribution in [0.15, 0.2) is 23.1 Å². The molecule has 4 heteroatoms. The van der Waals surface area contributed by atoms with Crippen LogP contribution < -0.4 is 5.32 Å². The van der Waals surface area contributed by atoms with Gasteiger partial charge in [0, 0.05) is 16.3 Å². The van der Waals surface area contributed by atoms with E-state index in [1.807, 2.05) is 18.2 Å². The Kier molecular flexibility index (Phi) is 2.74. The number of thioether (sulfide) groups is 1. The van der Waals surface area contributed by atoms with Gasteiger partial charge in [-0.1, -0.05) is 0 Å². The summed E-state index contributed by atoms with van der Waals surface area (Å²) in [4.78, 5) is 12.2. The molecule has 0 fully saturated rings. The van der Waals surface area contributed by atoms with E-state index >= 15 is 0 Å². The smallest absolute Gasteiger partial charge is 0.228 e. The van der Waals surface area contributed by atoms with Gasteiger partial charge < -0.3 is 10.4 Å². The van der Waals surface area contributed by atoms with E-state index < -0.39 is 0 Å². The summed E-state index contributed by atoms with van der Waals surface area (Å²) in [6.07, 6.45) is 0.475. The van der Waals surface area contributed by atoms with Crippen molar-refractivity contribution in [2.24, 2.45) is 0 Å². The molecule has 0 aromatic heterocycles. The van der Waals surface area contributed by atoms with Crippen LogP contribution in [0.5, 0.6) is 0 Å². The van der Waals surface area contributed by atoms with Crippen molar-refractivity contribution in [1.29, 1.82) is 0 Å². The van der Waals surface area contributed by atoms with Crippen molar-refractivity contribution < 1.29 is 9.90 Å². The zero-order valence-electron chi connectivity index (χ0n) is 7.62. The summed E-state index contributed by atoms with van der Waals surface area (Å²) in [5.74, 6) is 0.754. The van der Waals surface area contributed by atoms with Crippen molar-refractivity contribution in [3.05, 3.63) is 23.8 Å². The topological polar surface area (TPSA) is 49.3 Å². The quantitative estimate of drug-likeness (QED) is 0.737. The number of fused-ring (bicyclic) bond motifs is 1. The van der Waals surface area contributed by atoms with Gasteiger partial charge in [-0.15, -0.1) is 11.8 Å². The number of benzene rings is 1. The number of rotatable bonds is 3. The largest absolute Gasteiger partial charge is 0.396 e. The molecule has 1 amide bonds. The number of anilines is 1. The first kappa shape index (κ1) is 9.55. The number of nitrogens with one attached hydrogen (secondary N) is 1. The van der Waals surface area contributed by atoms with Crippen LogP contribution in [0.2, 0.25) is 0 Å². The lowest BCUT2D eigenvalue weighted by Crippen LogP contribution is -2.03. The summed E-state index contributed by atoms with van der Waals surface area (Å²) >= 11 is 1.60. The molecule has 2 rings (SSSR count). The van der Waals surface area contributed by atoms with Gasteiger partial charge in [0.25, 0.3) is 0 Å². The summed E-state index contributed by atoms with van der Waals surface area (Å²) < 4.78 is 0. The van der Waals surface area contributed by atoms with E-state index in [4.69, 9.17) is 5.11 Å². The van der Waals surface area contributed by atoms with Crippen LogP contribution in [0.25, 0.3) is 0 Å². The minimum absolute atomic E-state index is 0.0595. The molecule has 14 heavy (non-hydrogen) atoms. The summed E-state index contributed by atoms with van der Waals surface area (Å²) in [6, 6.07) is 5.89. The van der Waals surface area contributed by atoms with Gasteiger partial charge in [-0.3, -0.25) is 4.79 Å². The maximum absolute atomic E-state index is 11.1. The summed E-state index contributed by atoms with van der Waals surface area (Å²) in [7, 11) is 0. The maximum atomic E-state index is 11.1. The number of aliphatic hydroxyl groups is 1. The number of amides is 1. The second-order valence-electron chi connectivity index (χ2n) is 3.12. The van der Waals surface area contributed by atoms with E-state index in [0.29, 0.717) is 12.2 Å². The molecular weight excluding hydrogens is 198 g/mol. The van der Waals surface area contributed by atoms with Gasteiger partial charge in [-0.2, -0.15) is 0 Å².